The first-order valence-corrected chi connectivity index (χ1v) is 6.51. The summed E-state index contributed by atoms with van der Waals surface area (Å²) in [7, 11) is 3.07. The van der Waals surface area contributed by atoms with Crippen molar-refractivity contribution in [2.45, 2.75) is 13.5 Å². The number of aromatic nitrogens is 1. The first kappa shape index (κ1) is 15.2. The fraction of sp³-hybridized carbons (Fsp3) is 0.286. The van der Waals surface area contributed by atoms with E-state index in [1.165, 1.54) is 13.3 Å². The van der Waals surface area contributed by atoms with E-state index in [2.05, 4.69) is 10.3 Å². The summed E-state index contributed by atoms with van der Waals surface area (Å²) >= 11 is 6.10. The molecule has 112 valence electrons. The molecule has 1 aromatic carbocycles. The van der Waals surface area contributed by atoms with E-state index in [0.29, 0.717) is 22.2 Å². The lowest BCUT2D eigenvalue weighted by molar-refractivity contribution is 0.126. The molecule has 0 saturated heterocycles. The Morgan fingerprint density at radius 1 is 1.29 bits per heavy atom. The number of aryl methyl sites for hydroxylation is 1. The number of ether oxygens (including phenoxy) is 2. The predicted octanol–water partition coefficient (Wildman–Crippen LogP) is 3.20. The van der Waals surface area contributed by atoms with Gasteiger partial charge in [-0.3, -0.25) is 0 Å². The summed E-state index contributed by atoms with van der Waals surface area (Å²) in [5, 5.41) is 8.09. The molecule has 0 fully saturated rings. The van der Waals surface area contributed by atoms with Gasteiger partial charge in [0.1, 0.15) is 11.5 Å². The number of rotatable bonds is 6. The van der Waals surface area contributed by atoms with E-state index >= 15 is 0 Å². The minimum absolute atomic E-state index is 0.231. The highest BCUT2D eigenvalue weighted by Crippen LogP contribution is 2.35. The standard InChI is InChI=1S/C14H15ClN2O4/c1-9-4-11(17-21-9)8-20-16-7-10-5-12(15)14(19-3)13(6-10)18-2/h4-7H,8H2,1-3H3/b16-7-. The van der Waals surface area contributed by atoms with Crippen molar-refractivity contribution >= 4 is 17.8 Å². The third kappa shape index (κ3) is 3.88. The zero-order valence-corrected chi connectivity index (χ0v) is 12.7. The second kappa shape index (κ2) is 6.99. The Bertz CT molecular complexity index is 640. The Morgan fingerprint density at radius 3 is 2.71 bits per heavy atom. The van der Waals surface area contributed by atoms with Crippen molar-refractivity contribution in [1.29, 1.82) is 0 Å². The second-order valence-corrected chi connectivity index (χ2v) is 4.58. The first-order valence-electron chi connectivity index (χ1n) is 6.13. The molecule has 0 spiro atoms. The van der Waals surface area contributed by atoms with Gasteiger partial charge in [-0.15, -0.1) is 0 Å². The molecule has 21 heavy (non-hydrogen) atoms. The minimum Gasteiger partial charge on any atom is -0.493 e. The highest BCUT2D eigenvalue weighted by atomic mass is 35.5. The second-order valence-electron chi connectivity index (χ2n) is 4.18. The topological polar surface area (TPSA) is 66.1 Å². The van der Waals surface area contributed by atoms with Gasteiger partial charge in [-0.1, -0.05) is 21.9 Å². The molecule has 0 saturated carbocycles. The highest BCUT2D eigenvalue weighted by molar-refractivity contribution is 6.32. The molecule has 0 unspecified atom stereocenters. The van der Waals surface area contributed by atoms with Crippen LogP contribution >= 0.6 is 11.6 Å². The van der Waals surface area contributed by atoms with E-state index in [9.17, 15) is 0 Å². The Labute approximate surface area is 127 Å². The SMILES string of the molecule is COc1cc(/C=N\OCc2cc(C)on2)cc(Cl)c1OC. The van der Waals surface area contributed by atoms with Crippen molar-refractivity contribution in [2.75, 3.05) is 14.2 Å². The van der Waals surface area contributed by atoms with Gasteiger partial charge < -0.3 is 18.8 Å². The molecule has 1 heterocycles. The molecule has 0 amide bonds. The maximum absolute atomic E-state index is 6.10. The molecular weight excluding hydrogens is 296 g/mol. The van der Waals surface area contributed by atoms with Crippen molar-refractivity contribution < 1.29 is 18.8 Å². The van der Waals surface area contributed by atoms with Crippen LogP contribution in [-0.4, -0.2) is 25.6 Å². The molecule has 0 bridgehead atoms. The number of halogens is 1. The van der Waals surface area contributed by atoms with Crippen LogP contribution in [0.3, 0.4) is 0 Å². The van der Waals surface area contributed by atoms with Crippen molar-refractivity contribution in [1.82, 2.24) is 5.16 Å². The van der Waals surface area contributed by atoms with Crippen LogP contribution in [-0.2, 0) is 11.4 Å². The Morgan fingerprint density at radius 2 is 2.10 bits per heavy atom. The fourth-order valence-corrected chi connectivity index (χ4v) is 2.00. The molecule has 6 nitrogen and oxygen atoms in total. The van der Waals surface area contributed by atoms with Gasteiger partial charge in [0.2, 0.25) is 0 Å². The van der Waals surface area contributed by atoms with Gasteiger partial charge >= 0.3 is 0 Å². The van der Waals surface area contributed by atoms with Crippen molar-refractivity contribution in [2.24, 2.45) is 5.16 Å². The summed E-state index contributed by atoms with van der Waals surface area (Å²) in [6.45, 7) is 2.04. The number of oxime groups is 1. The quantitative estimate of drug-likeness (QED) is 0.605. The highest BCUT2D eigenvalue weighted by Gasteiger charge is 2.10. The van der Waals surface area contributed by atoms with Crippen LogP contribution in [0.2, 0.25) is 5.02 Å². The smallest absolute Gasteiger partial charge is 0.179 e. The van der Waals surface area contributed by atoms with E-state index < -0.39 is 0 Å². The monoisotopic (exact) mass is 310 g/mol. The molecule has 0 atom stereocenters. The van der Waals surface area contributed by atoms with E-state index in [-0.39, 0.29) is 6.61 Å². The molecule has 2 rings (SSSR count). The van der Waals surface area contributed by atoms with Gasteiger partial charge in [0, 0.05) is 11.6 Å². The van der Waals surface area contributed by atoms with Crippen LogP contribution in [0.25, 0.3) is 0 Å². The zero-order valence-electron chi connectivity index (χ0n) is 11.9. The van der Waals surface area contributed by atoms with Crippen molar-refractivity contribution in [3.63, 3.8) is 0 Å². The lowest BCUT2D eigenvalue weighted by atomic mass is 10.2. The van der Waals surface area contributed by atoms with Crippen LogP contribution in [0.5, 0.6) is 11.5 Å². The largest absolute Gasteiger partial charge is 0.493 e. The summed E-state index contributed by atoms with van der Waals surface area (Å²) in [6.07, 6.45) is 1.53. The van der Waals surface area contributed by atoms with Crippen LogP contribution in [0, 0.1) is 6.92 Å². The van der Waals surface area contributed by atoms with E-state index in [0.717, 1.165) is 11.3 Å². The first-order chi connectivity index (χ1) is 10.1. The predicted molar refractivity (Wildman–Crippen MR) is 78.2 cm³/mol. The lowest BCUT2D eigenvalue weighted by Gasteiger charge is -2.09. The van der Waals surface area contributed by atoms with Gasteiger partial charge in [0.05, 0.1) is 25.5 Å². The number of methoxy groups -OCH3 is 2. The molecule has 0 aliphatic rings. The van der Waals surface area contributed by atoms with Gasteiger partial charge in [-0.2, -0.15) is 0 Å². The number of nitrogens with zero attached hydrogens (tertiary/aromatic N) is 2. The molecule has 0 N–H and O–H groups in total. The van der Waals surface area contributed by atoms with Gasteiger partial charge in [0.15, 0.2) is 18.1 Å². The van der Waals surface area contributed by atoms with E-state index in [1.807, 2.05) is 6.92 Å². The zero-order chi connectivity index (χ0) is 15.2. The average Bonchev–Trinajstić information content (AvgIpc) is 2.88. The molecule has 1 aromatic heterocycles. The molecule has 0 radical (unpaired) electrons. The van der Waals surface area contributed by atoms with E-state index in [1.54, 1.807) is 25.3 Å². The van der Waals surface area contributed by atoms with Crippen LogP contribution in [0.15, 0.2) is 27.9 Å². The number of hydrogen-bond donors (Lipinski definition) is 0. The van der Waals surface area contributed by atoms with E-state index in [4.69, 9.17) is 30.4 Å². The van der Waals surface area contributed by atoms with Gasteiger partial charge in [0.25, 0.3) is 0 Å². The fourth-order valence-electron chi connectivity index (χ4n) is 1.70. The molecule has 0 aliphatic carbocycles. The van der Waals surface area contributed by atoms with Crippen LogP contribution < -0.4 is 9.47 Å². The van der Waals surface area contributed by atoms with Crippen molar-refractivity contribution in [3.8, 4) is 11.5 Å². The molecular formula is C14H15ClN2O4. The number of hydrogen-bond acceptors (Lipinski definition) is 6. The average molecular weight is 311 g/mol. The Hall–Kier alpha value is -2.21. The summed E-state index contributed by atoms with van der Waals surface area (Å²) in [5.41, 5.74) is 1.41. The van der Waals surface area contributed by atoms with Crippen LogP contribution in [0.1, 0.15) is 17.0 Å². The third-order valence-corrected chi connectivity index (χ3v) is 2.90. The number of benzene rings is 1. The lowest BCUT2D eigenvalue weighted by Crippen LogP contribution is -1.94. The normalized spacial score (nSPS) is 10.9. The van der Waals surface area contributed by atoms with Gasteiger partial charge in [-0.05, 0) is 19.1 Å². The van der Waals surface area contributed by atoms with Crippen LogP contribution in [0.4, 0.5) is 0 Å². The molecule has 7 heteroatoms. The maximum Gasteiger partial charge on any atom is 0.179 e. The van der Waals surface area contributed by atoms with Crippen molar-refractivity contribution in [3.05, 3.63) is 40.2 Å². The summed E-state index contributed by atoms with van der Waals surface area (Å²) in [6, 6.07) is 5.23. The minimum atomic E-state index is 0.231. The molecule has 2 aromatic rings. The Kier molecular flexibility index (Phi) is 5.05. The van der Waals surface area contributed by atoms with Gasteiger partial charge in [-0.25, -0.2) is 0 Å². The summed E-state index contributed by atoms with van der Waals surface area (Å²) in [5.74, 6) is 1.73. The summed E-state index contributed by atoms with van der Waals surface area (Å²) < 4.78 is 15.3. The molecule has 0 aliphatic heterocycles. The Balaban J connectivity index is 2.02. The maximum atomic E-state index is 6.10. The third-order valence-electron chi connectivity index (χ3n) is 2.62. The summed E-state index contributed by atoms with van der Waals surface area (Å²) in [4.78, 5) is 5.14.